The van der Waals surface area contributed by atoms with Crippen molar-refractivity contribution in [2.45, 2.75) is 32.7 Å². The largest absolute Gasteiger partial charge is 0.314 e. The van der Waals surface area contributed by atoms with Gasteiger partial charge in [0.25, 0.3) is 0 Å². The van der Waals surface area contributed by atoms with E-state index in [1.54, 1.807) is 0 Å². The molecule has 1 aliphatic rings. The summed E-state index contributed by atoms with van der Waals surface area (Å²) in [4.78, 5) is 4.92. The molecule has 1 N–H and O–H groups in total. The normalized spacial score (nSPS) is 29.1. The van der Waals surface area contributed by atoms with E-state index in [2.05, 4.69) is 43.1 Å². The van der Waals surface area contributed by atoms with Crippen LogP contribution in [0.3, 0.4) is 0 Å². The van der Waals surface area contributed by atoms with E-state index in [-0.39, 0.29) is 0 Å². The maximum Gasteiger partial charge on any atom is 0.00510 e. The summed E-state index contributed by atoms with van der Waals surface area (Å²) >= 11 is 0. The van der Waals surface area contributed by atoms with Crippen molar-refractivity contribution in [2.75, 3.05) is 46.8 Å². The molecule has 2 unspecified atom stereocenters. The topological polar surface area (TPSA) is 18.5 Å². The van der Waals surface area contributed by atoms with Gasteiger partial charge in [0.15, 0.2) is 0 Å². The molecule has 0 saturated carbocycles. The minimum atomic E-state index is 0.680. The molecule has 0 amide bonds. The van der Waals surface area contributed by atoms with Gasteiger partial charge in [-0.15, -0.1) is 0 Å². The Bertz CT molecular complexity index is 182. The summed E-state index contributed by atoms with van der Waals surface area (Å²) in [5.74, 6) is 0.780. The molecule has 3 heteroatoms. The van der Waals surface area contributed by atoms with Crippen LogP contribution in [0.25, 0.3) is 0 Å². The van der Waals surface area contributed by atoms with Gasteiger partial charge in [0.2, 0.25) is 0 Å². The summed E-state index contributed by atoms with van der Waals surface area (Å²) in [6.45, 7) is 10.8. The second kappa shape index (κ2) is 7.25. The minimum Gasteiger partial charge on any atom is -0.314 e. The summed E-state index contributed by atoms with van der Waals surface area (Å²) in [5.41, 5.74) is 0. The molecule has 0 aromatic carbocycles. The van der Waals surface area contributed by atoms with Crippen LogP contribution in [-0.2, 0) is 0 Å². The summed E-state index contributed by atoms with van der Waals surface area (Å²) < 4.78 is 0. The van der Waals surface area contributed by atoms with Gasteiger partial charge in [-0.25, -0.2) is 0 Å². The van der Waals surface area contributed by atoms with Gasteiger partial charge in [0.05, 0.1) is 0 Å². The second-order valence-electron chi connectivity index (χ2n) is 5.66. The zero-order valence-corrected chi connectivity index (χ0v) is 11.5. The summed E-state index contributed by atoms with van der Waals surface area (Å²) in [6, 6.07) is 0.680. The van der Waals surface area contributed by atoms with Crippen LogP contribution in [0.5, 0.6) is 0 Å². The lowest BCUT2D eigenvalue weighted by Crippen LogP contribution is -2.43. The van der Waals surface area contributed by atoms with Crippen LogP contribution in [0.2, 0.25) is 0 Å². The van der Waals surface area contributed by atoms with E-state index in [9.17, 15) is 0 Å². The monoisotopic (exact) mass is 227 g/mol. The third-order valence-electron chi connectivity index (χ3n) is 3.34. The van der Waals surface area contributed by atoms with E-state index in [0.29, 0.717) is 6.04 Å². The van der Waals surface area contributed by atoms with Crippen LogP contribution >= 0.6 is 0 Å². The SMILES string of the molecule is CC1CNC(C)CCN(CCCN(C)C)C1. The van der Waals surface area contributed by atoms with Crippen molar-refractivity contribution in [1.82, 2.24) is 15.1 Å². The molecular formula is C13H29N3. The van der Waals surface area contributed by atoms with Gasteiger partial charge in [0.1, 0.15) is 0 Å². The van der Waals surface area contributed by atoms with Crippen LogP contribution in [0.4, 0.5) is 0 Å². The Morgan fingerprint density at radius 3 is 2.75 bits per heavy atom. The smallest absolute Gasteiger partial charge is 0.00510 e. The highest BCUT2D eigenvalue weighted by Crippen LogP contribution is 2.07. The lowest BCUT2D eigenvalue weighted by molar-refractivity contribution is 0.194. The maximum absolute atomic E-state index is 3.59. The van der Waals surface area contributed by atoms with Crippen molar-refractivity contribution in [3.63, 3.8) is 0 Å². The van der Waals surface area contributed by atoms with Crippen molar-refractivity contribution in [2.24, 2.45) is 5.92 Å². The Hall–Kier alpha value is -0.120. The van der Waals surface area contributed by atoms with Crippen LogP contribution in [0.15, 0.2) is 0 Å². The highest BCUT2D eigenvalue weighted by Gasteiger charge is 2.15. The Morgan fingerprint density at radius 2 is 2.06 bits per heavy atom. The molecular weight excluding hydrogens is 198 g/mol. The van der Waals surface area contributed by atoms with E-state index in [4.69, 9.17) is 0 Å². The first-order chi connectivity index (χ1) is 7.58. The van der Waals surface area contributed by atoms with E-state index in [1.807, 2.05) is 0 Å². The average molecular weight is 227 g/mol. The zero-order valence-electron chi connectivity index (χ0n) is 11.5. The third-order valence-corrected chi connectivity index (χ3v) is 3.34. The molecule has 1 aliphatic heterocycles. The molecule has 1 saturated heterocycles. The highest BCUT2D eigenvalue weighted by atomic mass is 15.1. The standard InChI is InChI=1S/C13H29N3/c1-12-10-14-13(2)6-9-16(11-12)8-5-7-15(3)4/h12-14H,5-11H2,1-4H3. The predicted octanol–water partition coefficient (Wildman–Crippen LogP) is 1.26. The molecule has 3 nitrogen and oxygen atoms in total. The molecule has 0 aromatic heterocycles. The Balaban J connectivity index is 2.26. The van der Waals surface area contributed by atoms with E-state index >= 15 is 0 Å². The number of nitrogens with zero attached hydrogens (tertiary/aromatic N) is 2. The van der Waals surface area contributed by atoms with Crippen molar-refractivity contribution in [3.05, 3.63) is 0 Å². The number of nitrogens with one attached hydrogen (secondary N) is 1. The van der Waals surface area contributed by atoms with Gasteiger partial charge in [-0.05, 0) is 66.0 Å². The molecule has 2 atom stereocenters. The van der Waals surface area contributed by atoms with Gasteiger partial charge < -0.3 is 15.1 Å². The van der Waals surface area contributed by atoms with Crippen molar-refractivity contribution < 1.29 is 0 Å². The number of rotatable bonds is 4. The summed E-state index contributed by atoms with van der Waals surface area (Å²) in [7, 11) is 4.31. The first-order valence-corrected chi connectivity index (χ1v) is 6.68. The summed E-state index contributed by atoms with van der Waals surface area (Å²) in [6.07, 6.45) is 2.58. The molecule has 1 rings (SSSR count). The third kappa shape index (κ3) is 5.83. The van der Waals surface area contributed by atoms with Crippen LogP contribution < -0.4 is 5.32 Å². The summed E-state index contributed by atoms with van der Waals surface area (Å²) in [5, 5.41) is 3.59. The highest BCUT2D eigenvalue weighted by molar-refractivity contribution is 4.73. The van der Waals surface area contributed by atoms with E-state index in [0.717, 1.165) is 5.92 Å². The fraction of sp³-hybridized carbons (Fsp3) is 1.00. The van der Waals surface area contributed by atoms with Gasteiger partial charge in [-0.2, -0.15) is 0 Å². The first-order valence-electron chi connectivity index (χ1n) is 6.68. The van der Waals surface area contributed by atoms with Gasteiger partial charge in [-0.1, -0.05) is 6.92 Å². The molecule has 0 spiro atoms. The zero-order chi connectivity index (χ0) is 12.0. The molecule has 96 valence electrons. The predicted molar refractivity (Wildman–Crippen MR) is 70.9 cm³/mol. The van der Waals surface area contributed by atoms with Crippen LogP contribution in [-0.4, -0.2) is 62.7 Å². The van der Waals surface area contributed by atoms with Gasteiger partial charge in [-0.3, -0.25) is 0 Å². The molecule has 16 heavy (non-hydrogen) atoms. The van der Waals surface area contributed by atoms with Crippen molar-refractivity contribution in [1.29, 1.82) is 0 Å². The average Bonchev–Trinajstić information content (AvgIpc) is 2.20. The fourth-order valence-corrected chi connectivity index (χ4v) is 2.29. The molecule has 0 radical (unpaired) electrons. The Labute approximate surface area is 101 Å². The first kappa shape index (κ1) is 13.9. The van der Waals surface area contributed by atoms with Gasteiger partial charge >= 0.3 is 0 Å². The van der Waals surface area contributed by atoms with Gasteiger partial charge in [0, 0.05) is 12.6 Å². The van der Waals surface area contributed by atoms with Crippen molar-refractivity contribution >= 4 is 0 Å². The molecule has 1 fully saturated rings. The molecule has 0 aromatic rings. The Morgan fingerprint density at radius 1 is 1.31 bits per heavy atom. The lowest BCUT2D eigenvalue weighted by Gasteiger charge is -2.31. The minimum absolute atomic E-state index is 0.680. The quantitative estimate of drug-likeness (QED) is 0.780. The Kier molecular flexibility index (Phi) is 6.32. The van der Waals surface area contributed by atoms with Crippen LogP contribution in [0.1, 0.15) is 26.7 Å². The molecule has 0 bridgehead atoms. The van der Waals surface area contributed by atoms with E-state index < -0.39 is 0 Å². The molecule has 1 heterocycles. The van der Waals surface area contributed by atoms with Crippen molar-refractivity contribution in [3.8, 4) is 0 Å². The second-order valence-corrected chi connectivity index (χ2v) is 5.66. The number of hydrogen-bond donors (Lipinski definition) is 1. The van der Waals surface area contributed by atoms with Crippen LogP contribution in [0, 0.1) is 5.92 Å². The molecule has 0 aliphatic carbocycles. The van der Waals surface area contributed by atoms with E-state index in [1.165, 1.54) is 45.6 Å². The number of hydrogen-bond acceptors (Lipinski definition) is 3. The maximum atomic E-state index is 3.59. The lowest BCUT2D eigenvalue weighted by atomic mass is 10.1. The fourth-order valence-electron chi connectivity index (χ4n) is 2.29.